The fourth-order valence-electron chi connectivity index (χ4n) is 4.88. The molecule has 0 saturated heterocycles. The normalized spacial score (nSPS) is 15.3. The van der Waals surface area contributed by atoms with Crippen LogP contribution in [-0.2, 0) is 10.3 Å². The predicted octanol–water partition coefficient (Wildman–Crippen LogP) is 6.06. The maximum Gasteiger partial charge on any atom is 0.408 e. The first kappa shape index (κ1) is 23.0. The molecule has 5 rings (SSSR count). The van der Waals surface area contributed by atoms with Crippen molar-refractivity contribution in [3.63, 3.8) is 0 Å². The molecule has 35 heavy (non-hydrogen) atoms. The number of carbonyl (C=O) groups excluding carboxylic acids is 1. The summed E-state index contributed by atoms with van der Waals surface area (Å²) in [5.41, 5.74) is 4.03. The second-order valence-electron chi connectivity index (χ2n) is 10.3. The van der Waals surface area contributed by atoms with Crippen LogP contribution < -0.4 is 5.32 Å². The van der Waals surface area contributed by atoms with Crippen LogP contribution in [0.25, 0.3) is 28.2 Å². The quantitative estimate of drug-likeness (QED) is 0.393. The number of carbonyl (C=O) groups is 1. The second kappa shape index (κ2) is 8.80. The third-order valence-corrected chi connectivity index (χ3v) is 6.43. The summed E-state index contributed by atoms with van der Waals surface area (Å²) >= 11 is 0. The van der Waals surface area contributed by atoms with Gasteiger partial charge in [0.15, 0.2) is 0 Å². The molecule has 0 aliphatic heterocycles. The van der Waals surface area contributed by atoms with Crippen molar-refractivity contribution in [2.75, 3.05) is 0 Å². The van der Waals surface area contributed by atoms with Crippen LogP contribution in [0.15, 0.2) is 60.8 Å². The van der Waals surface area contributed by atoms with E-state index in [1.54, 1.807) is 4.52 Å². The number of benzene rings is 2. The Morgan fingerprint density at radius 3 is 2.31 bits per heavy atom. The number of ether oxygens (including phenoxy) is 1. The van der Waals surface area contributed by atoms with E-state index in [1.807, 2.05) is 52.1 Å². The van der Waals surface area contributed by atoms with E-state index >= 15 is 0 Å². The number of nitrogens with zero attached hydrogens (tertiary/aromatic N) is 4. The van der Waals surface area contributed by atoms with Gasteiger partial charge in [-0.3, -0.25) is 0 Å². The van der Waals surface area contributed by atoms with Gasteiger partial charge in [0, 0.05) is 17.3 Å². The molecule has 1 N–H and O–H groups in total. The van der Waals surface area contributed by atoms with E-state index in [0.29, 0.717) is 11.6 Å². The fraction of sp³-hybridized carbons (Fsp3) is 0.357. The van der Waals surface area contributed by atoms with Gasteiger partial charge >= 0.3 is 6.09 Å². The van der Waals surface area contributed by atoms with Crippen LogP contribution in [0.4, 0.5) is 4.79 Å². The van der Waals surface area contributed by atoms with Gasteiger partial charge in [-0.15, -0.1) is 0 Å². The van der Waals surface area contributed by atoms with Crippen molar-refractivity contribution in [3.05, 3.63) is 72.2 Å². The lowest BCUT2D eigenvalue weighted by Crippen LogP contribution is -2.46. The summed E-state index contributed by atoms with van der Waals surface area (Å²) in [7, 11) is 0. The average Bonchev–Trinajstić information content (AvgIpc) is 3.43. The van der Waals surface area contributed by atoms with Gasteiger partial charge in [-0.05, 0) is 51.7 Å². The molecule has 0 radical (unpaired) electrons. The van der Waals surface area contributed by atoms with Crippen molar-refractivity contribution >= 4 is 11.9 Å². The molecule has 180 valence electrons. The van der Waals surface area contributed by atoms with Crippen molar-refractivity contribution in [2.24, 2.45) is 0 Å². The highest BCUT2D eigenvalue weighted by Gasteiger charge is 2.38. The smallest absolute Gasteiger partial charge is 0.408 e. The summed E-state index contributed by atoms with van der Waals surface area (Å²) in [4.78, 5) is 22.0. The van der Waals surface area contributed by atoms with Crippen LogP contribution in [0, 0.1) is 6.92 Å². The Bertz CT molecular complexity index is 1350. The van der Waals surface area contributed by atoms with E-state index in [4.69, 9.17) is 9.72 Å². The number of hydrogen-bond acceptors (Lipinski definition) is 5. The highest BCUT2D eigenvalue weighted by atomic mass is 16.6. The van der Waals surface area contributed by atoms with Gasteiger partial charge in [0.1, 0.15) is 11.4 Å². The minimum Gasteiger partial charge on any atom is -0.444 e. The molecule has 2 aromatic heterocycles. The SMILES string of the molecule is Cc1nc2nc(-c3ccc(C4(NC(=O)OC(C)(C)C)CCCC4)cc3)c(-c3ccccc3)cn2n1. The molecule has 2 heterocycles. The Morgan fingerprint density at radius 1 is 0.971 bits per heavy atom. The Hall–Kier alpha value is -3.74. The van der Waals surface area contributed by atoms with Crippen LogP contribution >= 0.6 is 0 Å². The van der Waals surface area contributed by atoms with Crippen molar-refractivity contribution in [1.29, 1.82) is 0 Å². The molecule has 0 atom stereocenters. The highest BCUT2D eigenvalue weighted by molar-refractivity contribution is 5.81. The van der Waals surface area contributed by atoms with Gasteiger partial charge in [0.2, 0.25) is 0 Å². The Balaban J connectivity index is 1.53. The summed E-state index contributed by atoms with van der Waals surface area (Å²) in [6, 6.07) is 18.6. The summed E-state index contributed by atoms with van der Waals surface area (Å²) in [6.45, 7) is 7.51. The second-order valence-corrected chi connectivity index (χ2v) is 10.3. The molecular formula is C28H31N5O2. The van der Waals surface area contributed by atoms with Crippen molar-refractivity contribution in [1.82, 2.24) is 24.9 Å². The number of fused-ring (bicyclic) bond motifs is 1. The monoisotopic (exact) mass is 469 g/mol. The first-order valence-electron chi connectivity index (χ1n) is 12.1. The third-order valence-electron chi connectivity index (χ3n) is 6.43. The Labute approximate surface area is 205 Å². The van der Waals surface area contributed by atoms with E-state index in [1.165, 1.54) is 0 Å². The minimum absolute atomic E-state index is 0.371. The lowest BCUT2D eigenvalue weighted by molar-refractivity contribution is 0.0453. The number of alkyl carbamates (subject to hydrolysis) is 1. The standard InChI is InChI=1S/C28H31N5O2/c1-19-29-25-30-24(23(18-33(25)32-19)20-10-6-5-7-11-20)21-12-14-22(15-13-21)28(16-8-9-17-28)31-26(34)35-27(2,3)4/h5-7,10-15,18H,8-9,16-17H2,1-4H3,(H,31,34). The number of rotatable bonds is 4. The van der Waals surface area contributed by atoms with Crippen LogP contribution in [-0.4, -0.2) is 31.3 Å². The molecule has 7 nitrogen and oxygen atoms in total. The van der Waals surface area contributed by atoms with Gasteiger partial charge in [0.25, 0.3) is 5.78 Å². The molecule has 1 saturated carbocycles. The number of aromatic nitrogens is 4. The molecule has 0 spiro atoms. The molecular weight excluding hydrogens is 438 g/mol. The first-order valence-corrected chi connectivity index (χ1v) is 12.1. The van der Waals surface area contributed by atoms with Crippen molar-refractivity contribution < 1.29 is 9.53 Å². The lowest BCUT2D eigenvalue weighted by Gasteiger charge is -2.32. The first-order chi connectivity index (χ1) is 16.7. The Morgan fingerprint density at radius 2 is 1.66 bits per heavy atom. The topological polar surface area (TPSA) is 81.4 Å². The van der Waals surface area contributed by atoms with E-state index in [9.17, 15) is 4.79 Å². The van der Waals surface area contributed by atoms with E-state index in [-0.39, 0.29) is 6.09 Å². The van der Waals surface area contributed by atoms with Gasteiger partial charge in [-0.1, -0.05) is 67.4 Å². The molecule has 1 fully saturated rings. The average molecular weight is 470 g/mol. The van der Waals surface area contributed by atoms with Gasteiger partial charge in [-0.25, -0.2) is 14.3 Å². The van der Waals surface area contributed by atoms with E-state index in [0.717, 1.165) is 53.6 Å². The molecule has 1 amide bonds. The van der Waals surface area contributed by atoms with Crippen molar-refractivity contribution in [2.45, 2.75) is 64.5 Å². The molecule has 1 aliphatic rings. The summed E-state index contributed by atoms with van der Waals surface area (Å²) in [5, 5.41) is 7.64. The fourth-order valence-corrected chi connectivity index (χ4v) is 4.88. The number of aryl methyl sites for hydroxylation is 1. The zero-order valence-corrected chi connectivity index (χ0v) is 20.7. The maximum atomic E-state index is 12.7. The lowest BCUT2D eigenvalue weighted by atomic mass is 9.87. The van der Waals surface area contributed by atoms with Crippen LogP contribution in [0.5, 0.6) is 0 Å². The number of amides is 1. The summed E-state index contributed by atoms with van der Waals surface area (Å²) < 4.78 is 7.30. The molecule has 7 heteroatoms. The van der Waals surface area contributed by atoms with Crippen LogP contribution in [0.1, 0.15) is 57.8 Å². The third kappa shape index (κ3) is 4.76. The predicted molar refractivity (Wildman–Crippen MR) is 136 cm³/mol. The number of nitrogens with one attached hydrogen (secondary N) is 1. The van der Waals surface area contributed by atoms with Gasteiger partial charge < -0.3 is 10.1 Å². The van der Waals surface area contributed by atoms with E-state index < -0.39 is 11.1 Å². The zero-order valence-electron chi connectivity index (χ0n) is 20.7. The highest BCUT2D eigenvalue weighted by Crippen LogP contribution is 2.40. The molecule has 1 aliphatic carbocycles. The minimum atomic E-state index is -0.536. The van der Waals surface area contributed by atoms with E-state index in [2.05, 4.69) is 51.8 Å². The summed E-state index contributed by atoms with van der Waals surface area (Å²) in [5.74, 6) is 1.25. The largest absolute Gasteiger partial charge is 0.444 e. The Kier molecular flexibility index (Phi) is 5.79. The van der Waals surface area contributed by atoms with Crippen molar-refractivity contribution in [3.8, 4) is 22.4 Å². The van der Waals surface area contributed by atoms with Gasteiger partial charge in [0.05, 0.1) is 11.2 Å². The molecule has 4 aromatic rings. The number of hydrogen-bond donors (Lipinski definition) is 1. The molecule has 0 unspecified atom stereocenters. The van der Waals surface area contributed by atoms with Gasteiger partial charge in [-0.2, -0.15) is 10.1 Å². The molecule has 0 bridgehead atoms. The molecule has 2 aromatic carbocycles. The summed E-state index contributed by atoms with van der Waals surface area (Å²) in [6.07, 6.45) is 5.54. The zero-order chi connectivity index (χ0) is 24.6. The van der Waals surface area contributed by atoms with Crippen LogP contribution in [0.3, 0.4) is 0 Å². The maximum absolute atomic E-state index is 12.7. The van der Waals surface area contributed by atoms with Crippen LogP contribution in [0.2, 0.25) is 0 Å².